The van der Waals surface area contributed by atoms with Crippen molar-refractivity contribution in [3.05, 3.63) is 70.1 Å². The Bertz CT molecular complexity index is 1560. The number of rotatable bonds is 4. The Kier molecular flexibility index (Phi) is 9.24. The first-order valence-corrected chi connectivity index (χ1v) is 12.5. The van der Waals surface area contributed by atoms with Crippen molar-refractivity contribution < 1.29 is 85.1 Å². The first-order chi connectivity index (χ1) is 14.4. The molecule has 0 saturated carbocycles. The fraction of sp³-hybridized carbons (Fsp3) is 0.217. The standard InChI is InChI=1S/C23H22O6S2.2Na/c1-14-16(3-5-18-12-20(30(24,25)26)7-9-22(14)18)11-17-4-6-19-13-21(31(27,28)29)8-10-23(19)15(17)2;;/h3,5-10,12-13,17H,4,11H2,1-2H3,(H,24,25,26)(H,27,28,29);;/q;2*+1/p-2. The monoisotopic (exact) mass is 502 g/mol. The van der Waals surface area contributed by atoms with Crippen molar-refractivity contribution in [2.45, 2.75) is 36.5 Å². The summed E-state index contributed by atoms with van der Waals surface area (Å²) in [6.07, 6.45) is 3.43. The average molecular weight is 503 g/mol. The molecule has 1 aliphatic rings. The molecule has 0 saturated heterocycles. The maximum atomic E-state index is 11.3. The van der Waals surface area contributed by atoms with Crippen LogP contribution < -0.4 is 69.6 Å². The summed E-state index contributed by atoms with van der Waals surface area (Å²) >= 11 is 0. The molecule has 6 nitrogen and oxygen atoms in total. The SMILES string of the molecule is CC1=c2ccc(S(=O)(=O)[O-])cc2=CCC1Cc1ccc2cc(S(=O)(=O)[O-])ccc2c1C.[Na+].[Na+]. The minimum atomic E-state index is -4.50. The Morgan fingerprint density at radius 3 is 2.09 bits per heavy atom. The van der Waals surface area contributed by atoms with Gasteiger partial charge in [0, 0.05) is 0 Å². The van der Waals surface area contributed by atoms with Crippen LogP contribution in [0.2, 0.25) is 0 Å². The quantitative estimate of drug-likeness (QED) is 0.267. The van der Waals surface area contributed by atoms with Crippen LogP contribution in [0.4, 0.5) is 0 Å². The summed E-state index contributed by atoms with van der Waals surface area (Å²) in [5.41, 5.74) is 3.27. The van der Waals surface area contributed by atoms with E-state index in [2.05, 4.69) is 0 Å². The van der Waals surface area contributed by atoms with Gasteiger partial charge in [0.1, 0.15) is 20.2 Å². The van der Waals surface area contributed by atoms with Gasteiger partial charge in [-0.2, -0.15) is 0 Å². The second-order valence-corrected chi connectivity index (χ2v) is 10.7. The third-order valence-corrected chi connectivity index (χ3v) is 7.76. The van der Waals surface area contributed by atoms with Gasteiger partial charge in [0.2, 0.25) is 0 Å². The van der Waals surface area contributed by atoms with E-state index in [-0.39, 0.29) is 74.8 Å². The third kappa shape index (κ3) is 6.01. The smallest absolute Gasteiger partial charge is 0.744 e. The summed E-state index contributed by atoms with van der Waals surface area (Å²) in [4.78, 5) is -0.465. The summed E-state index contributed by atoms with van der Waals surface area (Å²) in [7, 11) is -8.99. The van der Waals surface area contributed by atoms with Crippen LogP contribution in [0.15, 0.2) is 58.3 Å². The number of fused-ring (bicyclic) bond motifs is 2. The molecular weight excluding hydrogens is 482 g/mol. The summed E-state index contributed by atoms with van der Waals surface area (Å²) < 4.78 is 67.8. The van der Waals surface area contributed by atoms with Crippen LogP contribution in [0.5, 0.6) is 0 Å². The van der Waals surface area contributed by atoms with E-state index in [1.807, 2.05) is 32.1 Å². The van der Waals surface area contributed by atoms with Crippen molar-refractivity contribution in [1.29, 1.82) is 0 Å². The van der Waals surface area contributed by atoms with Gasteiger partial charge in [-0.05, 0) is 89.2 Å². The van der Waals surface area contributed by atoms with Gasteiger partial charge in [0.15, 0.2) is 0 Å². The Balaban J connectivity index is 0.00000193. The second kappa shape index (κ2) is 10.6. The van der Waals surface area contributed by atoms with Crippen LogP contribution in [-0.4, -0.2) is 25.9 Å². The van der Waals surface area contributed by atoms with Crippen LogP contribution in [-0.2, 0) is 26.7 Å². The van der Waals surface area contributed by atoms with Crippen molar-refractivity contribution in [2.75, 3.05) is 0 Å². The van der Waals surface area contributed by atoms with E-state index >= 15 is 0 Å². The normalized spacial score (nSPS) is 15.8. The van der Waals surface area contributed by atoms with Crippen LogP contribution in [0.1, 0.15) is 24.5 Å². The summed E-state index contributed by atoms with van der Waals surface area (Å²) in [6.45, 7) is 3.99. The molecule has 0 aliphatic heterocycles. The molecule has 3 aromatic carbocycles. The maximum absolute atomic E-state index is 11.3. The number of aryl methyl sites for hydroxylation is 1. The fourth-order valence-corrected chi connectivity index (χ4v) is 5.29. The molecule has 0 bridgehead atoms. The second-order valence-electron chi connectivity index (χ2n) is 7.91. The molecule has 162 valence electrons. The van der Waals surface area contributed by atoms with Gasteiger partial charge >= 0.3 is 59.1 Å². The molecule has 1 unspecified atom stereocenters. The maximum Gasteiger partial charge on any atom is 1.00 e. The van der Waals surface area contributed by atoms with Gasteiger partial charge in [-0.15, -0.1) is 0 Å². The Hall–Kier alpha value is -0.520. The van der Waals surface area contributed by atoms with E-state index in [0.717, 1.165) is 38.9 Å². The van der Waals surface area contributed by atoms with Gasteiger partial charge in [-0.25, -0.2) is 16.8 Å². The molecule has 0 radical (unpaired) electrons. The van der Waals surface area contributed by atoms with Crippen molar-refractivity contribution in [2.24, 2.45) is 5.92 Å². The van der Waals surface area contributed by atoms with E-state index in [1.54, 1.807) is 12.1 Å². The molecule has 33 heavy (non-hydrogen) atoms. The molecule has 0 aromatic heterocycles. The summed E-state index contributed by atoms with van der Waals surface area (Å²) in [5, 5.41) is 3.29. The predicted octanol–water partition coefficient (Wildman–Crippen LogP) is -3.82. The molecule has 0 spiro atoms. The van der Waals surface area contributed by atoms with Crippen LogP contribution in [0.25, 0.3) is 22.4 Å². The Morgan fingerprint density at radius 1 is 0.848 bits per heavy atom. The van der Waals surface area contributed by atoms with E-state index in [4.69, 9.17) is 0 Å². The average Bonchev–Trinajstić information content (AvgIpc) is 2.70. The Labute approximate surface area is 237 Å². The van der Waals surface area contributed by atoms with E-state index in [1.165, 1.54) is 24.3 Å². The Morgan fingerprint density at radius 2 is 1.45 bits per heavy atom. The first-order valence-electron chi connectivity index (χ1n) is 9.70. The van der Waals surface area contributed by atoms with Gasteiger partial charge < -0.3 is 9.11 Å². The van der Waals surface area contributed by atoms with Crippen LogP contribution in [0.3, 0.4) is 0 Å². The van der Waals surface area contributed by atoms with Gasteiger partial charge in [0.25, 0.3) is 0 Å². The molecule has 0 heterocycles. The molecule has 0 amide bonds. The van der Waals surface area contributed by atoms with E-state index in [0.29, 0.717) is 11.8 Å². The zero-order chi connectivity index (χ0) is 22.6. The molecule has 4 rings (SSSR count). The summed E-state index contributed by atoms with van der Waals surface area (Å²) in [6, 6.07) is 12.7. The van der Waals surface area contributed by atoms with Crippen molar-refractivity contribution in [3.63, 3.8) is 0 Å². The first kappa shape index (κ1) is 28.7. The zero-order valence-electron chi connectivity index (χ0n) is 19.0. The molecule has 1 atom stereocenters. The number of benzene rings is 3. The topological polar surface area (TPSA) is 114 Å². The van der Waals surface area contributed by atoms with Crippen molar-refractivity contribution >= 4 is 42.7 Å². The largest absolute Gasteiger partial charge is 1.00 e. The molecule has 1 aliphatic carbocycles. The fourth-order valence-electron chi connectivity index (χ4n) is 4.28. The molecule has 3 aromatic rings. The number of hydrogen-bond acceptors (Lipinski definition) is 6. The molecule has 0 fully saturated rings. The molecule has 10 heteroatoms. The third-order valence-electron chi connectivity index (χ3n) is 6.10. The zero-order valence-corrected chi connectivity index (χ0v) is 24.6. The summed E-state index contributed by atoms with van der Waals surface area (Å²) in [5.74, 6) is 0.208. The predicted molar refractivity (Wildman–Crippen MR) is 116 cm³/mol. The van der Waals surface area contributed by atoms with Gasteiger partial charge in [-0.1, -0.05) is 35.9 Å². The molecule has 0 N–H and O–H groups in total. The van der Waals surface area contributed by atoms with Crippen LogP contribution >= 0.6 is 0 Å². The minimum Gasteiger partial charge on any atom is -0.744 e. The van der Waals surface area contributed by atoms with E-state index in [9.17, 15) is 25.9 Å². The van der Waals surface area contributed by atoms with Gasteiger partial charge in [0.05, 0.1) is 9.79 Å². The van der Waals surface area contributed by atoms with Crippen molar-refractivity contribution in [3.8, 4) is 0 Å². The molecular formula is C23H20Na2O6S2. The van der Waals surface area contributed by atoms with E-state index < -0.39 is 20.2 Å². The minimum absolute atomic E-state index is 0. The van der Waals surface area contributed by atoms with Gasteiger partial charge in [-0.3, -0.25) is 0 Å². The van der Waals surface area contributed by atoms with Crippen molar-refractivity contribution in [1.82, 2.24) is 0 Å². The van der Waals surface area contributed by atoms with Crippen LogP contribution in [0, 0.1) is 12.8 Å². The number of hydrogen-bond donors (Lipinski definition) is 0.